The van der Waals surface area contributed by atoms with E-state index in [0.29, 0.717) is 11.8 Å². The summed E-state index contributed by atoms with van der Waals surface area (Å²) in [7, 11) is 0. The second kappa shape index (κ2) is 14.3. The second-order valence-electron chi connectivity index (χ2n) is 16.9. The van der Waals surface area contributed by atoms with Gasteiger partial charge in [0.15, 0.2) is 0 Å². The average molecular weight is 739 g/mol. The number of benzene rings is 3. The molecule has 2 N–H and O–H groups in total. The molecular formula is C55H50N2. The molecule has 57 heavy (non-hydrogen) atoms. The lowest BCUT2D eigenvalue weighted by Gasteiger charge is -2.34. The summed E-state index contributed by atoms with van der Waals surface area (Å²) in [6.45, 7) is 0.875. The van der Waals surface area contributed by atoms with E-state index >= 15 is 0 Å². The van der Waals surface area contributed by atoms with Gasteiger partial charge >= 0.3 is 0 Å². The van der Waals surface area contributed by atoms with Gasteiger partial charge in [0.2, 0.25) is 0 Å². The molecule has 2 nitrogen and oxygen atoms in total. The van der Waals surface area contributed by atoms with Gasteiger partial charge in [-0.3, -0.25) is 0 Å². The Morgan fingerprint density at radius 3 is 1.89 bits per heavy atom. The molecule has 1 aliphatic heterocycles. The van der Waals surface area contributed by atoms with E-state index in [1.807, 2.05) is 0 Å². The quantitative estimate of drug-likeness (QED) is 0.273. The lowest BCUT2D eigenvalue weighted by molar-refractivity contribution is 0.509. The molecule has 0 spiro atoms. The molecule has 0 radical (unpaired) electrons. The third kappa shape index (κ3) is 5.83. The molecule has 2 unspecified atom stereocenters. The van der Waals surface area contributed by atoms with Gasteiger partial charge in [0.05, 0.1) is 5.70 Å². The SMILES string of the molecule is N/C(=C\N1CC=CC2=C1C=CCC2)C1=CC=C(C2=CC=C(c3ccc4c5c(cccc35)C3C(C5=CC=CCC5)=c5ccccc5=C(C5=CC=CCC5)C43)CC2)CC1. The Balaban J connectivity index is 0.947. The maximum absolute atomic E-state index is 6.74. The van der Waals surface area contributed by atoms with E-state index in [-0.39, 0.29) is 0 Å². The maximum Gasteiger partial charge on any atom is 0.0512 e. The molecule has 0 aromatic heterocycles. The van der Waals surface area contributed by atoms with Crippen LogP contribution < -0.4 is 16.2 Å². The summed E-state index contributed by atoms with van der Waals surface area (Å²) in [5.41, 5.74) is 26.5. The topological polar surface area (TPSA) is 29.3 Å². The highest BCUT2D eigenvalue weighted by atomic mass is 15.1. The molecule has 7 aliphatic carbocycles. The van der Waals surface area contributed by atoms with Crippen molar-refractivity contribution in [1.82, 2.24) is 4.90 Å². The number of fused-ring (bicyclic) bond motifs is 4. The first-order chi connectivity index (χ1) is 28.2. The normalized spacial score (nSPS) is 23.7. The Labute approximate surface area is 337 Å². The summed E-state index contributed by atoms with van der Waals surface area (Å²) in [5.74, 6) is 0.631. The third-order valence-corrected chi connectivity index (χ3v) is 13.8. The molecule has 0 fully saturated rings. The maximum atomic E-state index is 6.74. The molecular weight excluding hydrogens is 689 g/mol. The Morgan fingerprint density at radius 2 is 1.23 bits per heavy atom. The van der Waals surface area contributed by atoms with Crippen LogP contribution >= 0.6 is 0 Å². The van der Waals surface area contributed by atoms with Crippen LogP contribution in [0.3, 0.4) is 0 Å². The van der Waals surface area contributed by atoms with Crippen molar-refractivity contribution in [3.8, 4) is 0 Å². The van der Waals surface area contributed by atoms with Gasteiger partial charge in [-0.2, -0.15) is 0 Å². The largest absolute Gasteiger partial charge is 0.397 e. The van der Waals surface area contributed by atoms with Crippen molar-refractivity contribution >= 4 is 27.5 Å². The van der Waals surface area contributed by atoms with Crippen LogP contribution in [0, 0.1) is 0 Å². The van der Waals surface area contributed by atoms with Crippen molar-refractivity contribution in [3.05, 3.63) is 218 Å². The molecule has 3 aromatic carbocycles. The van der Waals surface area contributed by atoms with Crippen LogP contribution in [0.4, 0.5) is 0 Å². The number of rotatable bonds is 6. The number of hydrogen-bond donors (Lipinski definition) is 1. The van der Waals surface area contributed by atoms with Crippen LogP contribution in [0.5, 0.6) is 0 Å². The van der Waals surface area contributed by atoms with E-state index in [4.69, 9.17) is 5.73 Å². The molecule has 2 heteroatoms. The minimum absolute atomic E-state index is 0.315. The molecule has 0 bridgehead atoms. The van der Waals surface area contributed by atoms with E-state index in [9.17, 15) is 0 Å². The van der Waals surface area contributed by atoms with Crippen molar-refractivity contribution in [2.45, 2.75) is 76.0 Å². The smallest absolute Gasteiger partial charge is 0.0512 e. The summed E-state index contributed by atoms with van der Waals surface area (Å²) in [6, 6.07) is 21.5. The highest BCUT2D eigenvalue weighted by molar-refractivity contribution is 6.04. The van der Waals surface area contributed by atoms with Gasteiger partial charge < -0.3 is 10.6 Å². The van der Waals surface area contributed by atoms with Crippen LogP contribution in [0.1, 0.15) is 92.7 Å². The van der Waals surface area contributed by atoms with Gasteiger partial charge in [0.25, 0.3) is 0 Å². The highest BCUT2D eigenvalue weighted by Gasteiger charge is 2.43. The Bertz CT molecular complexity index is 2690. The first-order valence-electron chi connectivity index (χ1n) is 21.4. The van der Waals surface area contributed by atoms with Crippen LogP contribution in [-0.2, 0) is 0 Å². The monoisotopic (exact) mass is 738 g/mol. The fraction of sp³-hybridized carbons (Fsp3) is 0.236. The zero-order valence-electron chi connectivity index (χ0n) is 32.8. The Kier molecular flexibility index (Phi) is 8.61. The molecule has 0 saturated carbocycles. The standard InChI is InChI=1S/C55H50N2/c56-49(35-57-34-12-18-40-13-7-10-23-50(40)57)39-30-26-37(27-31-39)36-24-28-38(29-25-36)43-32-33-48-53-44(43)21-11-22-47(53)54-51(41-14-3-1-4-15-41)45-19-8-9-20-46(45)52(55(48)54)42-16-5-2-6-17-42/h1-3,5,8-12,14,16,18-24,26,28,30,32-33,35,54-55H,4,6-7,13,15,17,25,27,29,31,34,56H2/b49-35-. The molecule has 280 valence electrons. The summed E-state index contributed by atoms with van der Waals surface area (Å²) < 4.78 is 0. The van der Waals surface area contributed by atoms with E-state index < -0.39 is 0 Å². The Morgan fingerprint density at radius 1 is 0.561 bits per heavy atom. The van der Waals surface area contributed by atoms with Crippen molar-refractivity contribution in [2.24, 2.45) is 5.73 Å². The molecule has 2 atom stereocenters. The van der Waals surface area contributed by atoms with Crippen LogP contribution in [0.25, 0.3) is 27.5 Å². The third-order valence-electron chi connectivity index (χ3n) is 13.8. The fourth-order valence-electron chi connectivity index (χ4n) is 11.1. The van der Waals surface area contributed by atoms with Gasteiger partial charge in [-0.25, -0.2) is 0 Å². The van der Waals surface area contributed by atoms with E-state index in [0.717, 1.165) is 76.5 Å². The number of nitrogens with two attached hydrogens (primary N) is 1. The first-order valence-corrected chi connectivity index (χ1v) is 21.4. The van der Waals surface area contributed by atoms with Crippen LogP contribution in [-0.4, -0.2) is 11.4 Å². The minimum Gasteiger partial charge on any atom is -0.397 e. The zero-order valence-corrected chi connectivity index (χ0v) is 32.8. The van der Waals surface area contributed by atoms with Crippen molar-refractivity contribution in [3.63, 3.8) is 0 Å². The molecule has 3 aromatic rings. The zero-order chi connectivity index (χ0) is 37.9. The first kappa shape index (κ1) is 34.4. The van der Waals surface area contributed by atoms with E-state index in [2.05, 4.69) is 151 Å². The summed E-state index contributed by atoms with van der Waals surface area (Å²) in [5, 5.41) is 5.79. The summed E-state index contributed by atoms with van der Waals surface area (Å²) >= 11 is 0. The minimum atomic E-state index is 0.315. The van der Waals surface area contributed by atoms with Gasteiger partial charge in [-0.05, 0) is 158 Å². The summed E-state index contributed by atoms with van der Waals surface area (Å²) in [6.07, 6.45) is 45.5. The fourth-order valence-corrected chi connectivity index (χ4v) is 11.1. The van der Waals surface area contributed by atoms with Crippen LogP contribution in [0.15, 0.2) is 191 Å². The highest BCUT2D eigenvalue weighted by Crippen LogP contribution is 2.58. The molecule has 0 amide bonds. The molecule has 11 rings (SSSR count). The number of allylic oxidation sites excluding steroid dienone is 20. The number of hydrogen-bond acceptors (Lipinski definition) is 2. The molecule has 1 heterocycles. The van der Waals surface area contributed by atoms with E-state index in [1.165, 1.54) is 82.6 Å². The number of nitrogens with zero attached hydrogens (tertiary/aromatic N) is 1. The predicted molar refractivity (Wildman–Crippen MR) is 239 cm³/mol. The van der Waals surface area contributed by atoms with Gasteiger partial charge in [0.1, 0.15) is 0 Å². The Hall–Kier alpha value is -5.86. The molecule has 8 aliphatic rings. The molecule has 0 saturated heterocycles. The average Bonchev–Trinajstić information content (AvgIpc) is 3.61. The lowest BCUT2D eigenvalue weighted by Crippen LogP contribution is -2.38. The van der Waals surface area contributed by atoms with Crippen molar-refractivity contribution in [1.29, 1.82) is 0 Å². The van der Waals surface area contributed by atoms with Crippen LogP contribution in [0.2, 0.25) is 0 Å². The predicted octanol–water partition coefficient (Wildman–Crippen LogP) is 11.6. The van der Waals surface area contributed by atoms with Crippen molar-refractivity contribution < 1.29 is 0 Å². The summed E-state index contributed by atoms with van der Waals surface area (Å²) in [4.78, 5) is 2.32. The second-order valence-corrected chi connectivity index (χ2v) is 16.9. The van der Waals surface area contributed by atoms with E-state index in [1.54, 1.807) is 11.1 Å². The van der Waals surface area contributed by atoms with Gasteiger partial charge in [-0.15, -0.1) is 0 Å². The van der Waals surface area contributed by atoms with Gasteiger partial charge in [-0.1, -0.05) is 134 Å². The van der Waals surface area contributed by atoms with Gasteiger partial charge in [0, 0.05) is 30.3 Å². The lowest BCUT2D eigenvalue weighted by atomic mass is 9.69. The van der Waals surface area contributed by atoms with Crippen molar-refractivity contribution in [2.75, 3.05) is 6.54 Å².